The largest absolute Gasteiger partial charge is 0.486 e. The van der Waals surface area contributed by atoms with Gasteiger partial charge in [0.25, 0.3) is 0 Å². The minimum atomic E-state index is 0.0951. The average Bonchev–Trinajstić information content (AvgIpc) is 2.18. The third-order valence-electron chi connectivity index (χ3n) is 2.15. The first-order chi connectivity index (χ1) is 6.40. The van der Waals surface area contributed by atoms with Crippen LogP contribution in [-0.2, 0) is 6.04 Å². The molecule has 0 saturated heterocycles. The zero-order chi connectivity index (χ0) is 9.10. The predicted octanol–water partition coefficient (Wildman–Crippen LogP) is 1.17. The summed E-state index contributed by atoms with van der Waals surface area (Å²) in [5.74, 6) is 1.82. The first-order valence-electron chi connectivity index (χ1n) is 4.78. The molecule has 0 spiro atoms. The van der Waals surface area contributed by atoms with Crippen LogP contribution < -0.4 is 9.47 Å². The van der Waals surface area contributed by atoms with Gasteiger partial charge >= 0.3 is 0 Å². The maximum absolute atomic E-state index is 5.50. The van der Waals surface area contributed by atoms with Crippen molar-refractivity contribution in [2.75, 3.05) is 13.2 Å². The van der Waals surface area contributed by atoms with E-state index in [1.54, 1.807) is 0 Å². The van der Waals surface area contributed by atoms with Crippen LogP contribution in [0.3, 0.4) is 0 Å². The molecule has 70 valence electrons. The van der Waals surface area contributed by atoms with Gasteiger partial charge in [0.1, 0.15) is 13.2 Å². The molecule has 1 aliphatic rings. The highest BCUT2D eigenvalue weighted by Crippen LogP contribution is 2.30. The number of rotatable bonds is 2. The molecule has 0 bridgehead atoms. The molecule has 0 fully saturated rings. The van der Waals surface area contributed by atoms with Gasteiger partial charge in [0.15, 0.2) is 11.5 Å². The SMILES string of the molecule is C[SiH2]Cc1ccc2c(c1)OCCO2. The van der Waals surface area contributed by atoms with E-state index in [-0.39, 0.29) is 9.52 Å². The fourth-order valence-corrected chi connectivity index (χ4v) is 2.42. The highest BCUT2D eigenvalue weighted by Gasteiger charge is 2.10. The van der Waals surface area contributed by atoms with Crippen molar-refractivity contribution in [1.82, 2.24) is 0 Å². The average molecular weight is 194 g/mol. The third-order valence-corrected chi connectivity index (χ3v) is 3.22. The second kappa shape index (κ2) is 3.83. The monoisotopic (exact) mass is 194 g/mol. The molecule has 0 aliphatic carbocycles. The van der Waals surface area contributed by atoms with Gasteiger partial charge in [0.05, 0.1) is 0 Å². The van der Waals surface area contributed by atoms with E-state index in [1.165, 1.54) is 11.6 Å². The molecule has 2 nitrogen and oxygen atoms in total. The summed E-state index contributed by atoms with van der Waals surface area (Å²) < 4.78 is 10.9. The van der Waals surface area contributed by atoms with Crippen LogP contribution in [0.15, 0.2) is 18.2 Å². The lowest BCUT2D eigenvalue weighted by Crippen LogP contribution is -2.15. The standard InChI is InChI=1S/C10H14O2Si/c1-13-7-8-2-3-9-10(6-8)12-5-4-11-9/h2-3,6H,4-5,7,13H2,1H3. The lowest BCUT2D eigenvalue weighted by atomic mass is 10.2. The molecule has 1 heterocycles. The smallest absolute Gasteiger partial charge is 0.161 e. The lowest BCUT2D eigenvalue weighted by molar-refractivity contribution is 0.171. The first-order valence-corrected chi connectivity index (χ1v) is 7.20. The Morgan fingerprint density at radius 1 is 1.23 bits per heavy atom. The predicted molar refractivity (Wildman–Crippen MR) is 55.5 cm³/mol. The minimum absolute atomic E-state index is 0.0951. The summed E-state index contributed by atoms with van der Waals surface area (Å²) in [5, 5.41) is 0. The van der Waals surface area contributed by atoms with Crippen LogP contribution in [0.1, 0.15) is 5.56 Å². The van der Waals surface area contributed by atoms with Gasteiger partial charge in [-0.25, -0.2) is 0 Å². The Morgan fingerprint density at radius 2 is 2.00 bits per heavy atom. The number of hydrogen-bond donors (Lipinski definition) is 0. The first kappa shape index (κ1) is 8.63. The Kier molecular flexibility index (Phi) is 2.54. The molecule has 0 atom stereocenters. The highest BCUT2D eigenvalue weighted by atomic mass is 28.2. The second-order valence-electron chi connectivity index (χ2n) is 3.23. The number of ether oxygens (including phenoxy) is 2. The van der Waals surface area contributed by atoms with Gasteiger partial charge in [0, 0.05) is 9.52 Å². The van der Waals surface area contributed by atoms with Crippen molar-refractivity contribution in [2.45, 2.75) is 12.6 Å². The van der Waals surface area contributed by atoms with Crippen molar-refractivity contribution in [3.8, 4) is 11.5 Å². The van der Waals surface area contributed by atoms with E-state index in [0.717, 1.165) is 11.5 Å². The van der Waals surface area contributed by atoms with E-state index in [1.807, 2.05) is 6.07 Å². The molecule has 0 N–H and O–H groups in total. The number of benzene rings is 1. The number of fused-ring (bicyclic) bond motifs is 1. The van der Waals surface area contributed by atoms with Crippen molar-refractivity contribution in [3.63, 3.8) is 0 Å². The highest BCUT2D eigenvalue weighted by molar-refractivity contribution is 6.32. The second-order valence-corrected chi connectivity index (χ2v) is 4.73. The van der Waals surface area contributed by atoms with Crippen molar-refractivity contribution in [2.24, 2.45) is 0 Å². The maximum atomic E-state index is 5.50. The molecule has 2 rings (SSSR count). The molecule has 0 saturated carbocycles. The van der Waals surface area contributed by atoms with Gasteiger partial charge in [-0.3, -0.25) is 0 Å². The van der Waals surface area contributed by atoms with Gasteiger partial charge < -0.3 is 9.47 Å². The van der Waals surface area contributed by atoms with Crippen LogP contribution in [0.25, 0.3) is 0 Å². The summed E-state index contributed by atoms with van der Waals surface area (Å²) >= 11 is 0. The molecule has 1 aromatic carbocycles. The summed E-state index contributed by atoms with van der Waals surface area (Å²) in [5.41, 5.74) is 1.39. The van der Waals surface area contributed by atoms with Crippen molar-refractivity contribution >= 4 is 9.52 Å². The molecule has 0 radical (unpaired) electrons. The van der Waals surface area contributed by atoms with Gasteiger partial charge in [-0.1, -0.05) is 12.6 Å². The molecule has 0 amide bonds. The summed E-state index contributed by atoms with van der Waals surface area (Å²) in [4.78, 5) is 0. The van der Waals surface area contributed by atoms with Gasteiger partial charge in [-0.15, -0.1) is 0 Å². The van der Waals surface area contributed by atoms with E-state index in [2.05, 4.69) is 18.7 Å². The third kappa shape index (κ3) is 1.86. The molecule has 0 aromatic heterocycles. The Bertz CT molecular complexity index is 299. The molecule has 3 heteroatoms. The summed E-state index contributed by atoms with van der Waals surface area (Å²) in [6.07, 6.45) is 0. The van der Waals surface area contributed by atoms with E-state index in [4.69, 9.17) is 9.47 Å². The zero-order valence-corrected chi connectivity index (χ0v) is 9.29. The molecular weight excluding hydrogens is 180 g/mol. The van der Waals surface area contributed by atoms with E-state index in [9.17, 15) is 0 Å². The van der Waals surface area contributed by atoms with Crippen LogP contribution in [0.5, 0.6) is 11.5 Å². The molecule has 1 aromatic rings. The quantitative estimate of drug-likeness (QED) is 0.658. The van der Waals surface area contributed by atoms with Crippen molar-refractivity contribution < 1.29 is 9.47 Å². The normalized spacial score (nSPS) is 15.2. The maximum Gasteiger partial charge on any atom is 0.161 e. The molecule has 13 heavy (non-hydrogen) atoms. The fraction of sp³-hybridized carbons (Fsp3) is 0.400. The Morgan fingerprint density at radius 3 is 2.77 bits per heavy atom. The zero-order valence-electron chi connectivity index (χ0n) is 7.88. The van der Waals surface area contributed by atoms with Crippen molar-refractivity contribution in [3.05, 3.63) is 23.8 Å². The minimum Gasteiger partial charge on any atom is -0.486 e. The summed E-state index contributed by atoms with van der Waals surface area (Å²) in [6.45, 7) is 3.67. The Labute approximate surface area is 80.7 Å². The Balaban J connectivity index is 2.24. The fourth-order valence-electron chi connectivity index (χ4n) is 1.53. The van der Waals surface area contributed by atoms with Crippen LogP contribution in [0.2, 0.25) is 6.55 Å². The van der Waals surface area contributed by atoms with Gasteiger partial charge in [-0.2, -0.15) is 0 Å². The van der Waals surface area contributed by atoms with Crippen LogP contribution in [-0.4, -0.2) is 22.7 Å². The van der Waals surface area contributed by atoms with Gasteiger partial charge in [-0.05, 0) is 23.7 Å². The number of hydrogen-bond acceptors (Lipinski definition) is 2. The molecule has 1 aliphatic heterocycles. The van der Waals surface area contributed by atoms with Crippen molar-refractivity contribution in [1.29, 1.82) is 0 Å². The molecular formula is C10H14O2Si. The van der Waals surface area contributed by atoms with Crippen LogP contribution >= 0.6 is 0 Å². The van der Waals surface area contributed by atoms with Crippen LogP contribution in [0.4, 0.5) is 0 Å². The van der Waals surface area contributed by atoms with E-state index in [0.29, 0.717) is 13.2 Å². The molecule has 0 unspecified atom stereocenters. The lowest BCUT2D eigenvalue weighted by Gasteiger charge is -2.18. The Hall–Kier alpha value is -0.963. The van der Waals surface area contributed by atoms with E-state index >= 15 is 0 Å². The summed E-state index contributed by atoms with van der Waals surface area (Å²) in [6, 6.07) is 7.53. The van der Waals surface area contributed by atoms with E-state index < -0.39 is 0 Å². The van der Waals surface area contributed by atoms with Gasteiger partial charge in [0.2, 0.25) is 0 Å². The summed E-state index contributed by atoms with van der Waals surface area (Å²) in [7, 11) is 0.0951. The topological polar surface area (TPSA) is 18.5 Å². The van der Waals surface area contributed by atoms with Crippen LogP contribution in [0, 0.1) is 0 Å².